The molecule has 6 nitrogen and oxygen atoms in total. The zero-order chi connectivity index (χ0) is 20.1. The summed E-state index contributed by atoms with van der Waals surface area (Å²) in [5.74, 6) is 2.09. The molecule has 2 atom stereocenters. The molecule has 0 spiro atoms. The highest BCUT2D eigenvalue weighted by atomic mass is 32.2. The average molecular weight is 401 g/mol. The molecule has 1 aromatic heterocycles. The van der Waals surface area contributed by atoms with Gasteiger partial charge in [0.2, 0.25) is 5.91 Å². The Labute approximate surface area is 171 Å². The van der Waals surface area contributed by atoms with Crippen molar-refractivity contribution in [1.82, 2.24) is 19.7 Å². The highest BCUT2D eigenvalue weighted by Crippen LogP contribution is 2.28. The maximum Gasteiger partial charge on any atom is 0.233 e. The van der Waals surface area contributed by atoms with Gasteiger partial charge in [0.15, 0.2) is 11.0 Å². The van der Waals surface area contributed by atoms with Crippen LogP contribution < -0.4 is 4.74 Å². The van der Waals surface area contributed by atoms with E-state index in [1.54, 1.807) is 7.11 Å². The number of benzene rings is 1. The first kappa shape index (κ1) is 20.5. The van der Waals surface area contributed by atoms with Gasteiger partial charge in [-0.25, -0.2) is 0 Å². The number of likely N-dealkylation sites (tertiary alicyclic amines) is 1. The van der Waals surface area contributed by atoms with E-state index in [2.05, 4.69) is 30.6 Å². The number of nitrogens with zero attached hydrogens (tertiary/aromatic N) is 4. The molecule has 2 heterocycles. The van der Waals surface area contributed by atoms with Gasteiger partial charge < -0.3 is 9.64 Å². The molecule has 1 aliphatic rings. The minimum absolute atomic E-state index is 0.170. The molecule has 0 bridgehead atoms. The standard InChI is InChI=1S/C21H28N4O2S/c1-5-13-24-20(17-9-11-18(27-4)12-10-17)22-23-21(24)28-14-19(26)25-15(2)7-6-8-16(25)3/h5,9-12,15-16H,1,6-8,13-14H2,2-4H3/t15-,16-/m1/s1. The lowest BCUT2D eigenvalue weighted by atomic mass is 9.98. The molecule has 0 N–H and O–H groups in total. The van der Waals surface area contributed by atoms with E-state index in [1.165, 1.54) is 18.2 Å². The number of rotatable bonds is 7. The van der Waals surface area contributed by atoms with Crippen LogP contribution in [0.5, 0.6) is 5.75 Å². The number of carbonyl (C=O) groups is 1. The molecule has 1 fully saturated rings. The molecule has 1 aliphatic heterocycles. The summed E-state index contributed by atoms with van der Waals surface area (Å²) in [6, 6.07) is 8.32. The van der Waals surface area contributed by atoms with Crippen molar-refractivity contribution < 1.29 is 9.53 Å². The lowest BCUT2D eigenvalue weighted by molar-refractivity contribution is -0.134. The van der Waals surface area contributed by atoms with Crippen molar-refractivity contribution in [2.75, 3.05) is 12.9 Å². The second kappa shape index (κ2) is 9.28. The Morgan fingerprint density at radius 1 is 1.25 bits per heavy atom. The van der Waals surface area contributed by atoms with Gasteiger partial charge in [-0.05, 0) is 57.4 Å². The van der Waals surface area contributed by atoms with Crippen LogP contribution in [-0.2, 0) is 11.3 Å². The molecule has 1 aromatic carbocycles. The third kappa shape index (κ3) is 4.41. The fourth-order valence-electron chi connectivity index (χ4n) is 3.76. The number of amides is 1. The second-order valence-corrected chi connectivity index (χ2v) is 8.10. The molecular weight excluding hydrogens is 372 g/mol. The number of allylic oxidation sites excluding steroid dienone is 1. The van der Waals surface area contributed by atoms with Crippen LogP contribution in [0.4, 0.5) is 0 Å². The van der Waals surface area contributed by atoms with Gasteiger partial charge in [-0.1, -0.05) is 17.8 Å². The Bertz CT molecular complexity index is 808. The van der Waals surface area contributed by atoms with Crippen LogP contribution in [0.25, 0.3) is 11.4 Å². The largest absolute Gasteiger partial charge is 0.497 e. The first-order valence-electron chi connectivity index (χ1n) is 9.67. The van der Waals surface area contributed by atoms with Crippen molar-refractivity contribution >= 4 is 17.7 Å². The Morgan fingerprint density at radius 2 is 1.93 bits per heavy atom. The molecule has 28 heavy (non-hydrogen) atoms. The summed E-state index contributed by atoms with van der Waals surface area (Å²) in [5, 5.41) is 9.43. The second-order valence-electron chi connectivity index (χ2n) is 7.15. The van der Waals surface area contributed by atoms with E-state index >= 15 is 0 Å². The zero-order valence-corrected chi connectivity index (χ0v) is 17.6. The minimum atomic E-state index is 0.170. The Balaban J connectivity index is 1.75. The first-order valence-corrected chi connectivity index (χ1v) is 10.7. The third-order valence-electron chi connectivity index (χ3n) is 5.18. The minimum Gasteiger partial charge on any atom is -0.497 e. The van der Waals surface area contributed by atoms with Crippen LogP contribution in [0, 0.1) is 0 Å². The molecule has 3 rings (SSSR count). The molecule has 7 heteroatoms. The van der Waals surface area contributed by atoms with Crippen LogP contribution in [0.3, 0.4) is 0 Å². The van der Waals surface area contributed by atoms with Crippen molar-refractivity contribution in [3.05, 3.63) is 36.9 Å². The fourth-order valence-corrected chi connectivity index (χ4v) is 4.57. The van der Waals surface area contributed by atoms with Crippen LogP contribution >= 0.6 is 11.8 Å². The van der Waals surface area contributed by atoms with E-state index in [0.29, 0.717) is 24.4 Å². The smallest absolute Gasteiger partial charge is 0.233 e. The highest BCUT2D eigenvalue weighted by Gasteiger charge is 2.29. The van der Waals surface area contributed by atoms with Crippen LogP contribution in [-0.4, -0.2) is 50.5 Å². The molecule has 0 unspecified atom stereocenters. The molecular formula is C21H28N4O2S. The van der Waals surface area contributed by atoms with Crippen molar-refractivity contribution in [3.8, 4) is 17.1 Å². The van der Waals surface area contributed by atoms with Crippen LogP contribution in [0.2, 0.25) is 0 Å². The molecule has 0 saturated carbocycles. The predicted octanol–water partition coefficient (Wildman–Crippen LogP) is 4.02. The normalized spacial score (nSPS) is 19.5. The van der Waals surface area contributed by atoms with Gasteiger partial charge in [0.1, 0.15) is 5.75 Å². The molecule has 150 valence electrons. The van der Waals surface area contributed by atoms with E-state index in [9.17, 15) is 4.79 Å². The Kier molecular flexibility index (Phi) is 6.78. The van der Waals surface area contributed by atoms with Gasteiger partial charge >= 0.3 is 0 Å². The van der Waals surface area contributed by atoms with E-state index in [4.69, 9.17) is 4.74 Å². The lowest BCUT2D eigenvalue weighted by Gasteiger charge is -2.39. The van der Waals surface area contributed by atoms with Gasteiger partial charge in [-0.3, -0.25) is 9.36 Å². The summed E-state index contributed by atoms with van der Waals surface area (Å²) in [6.45, 7) is 8.71. The number of carbonyl (C=O) groups excluding carboxylic acids is 1. The van der Waals surface area contributed by atoms with Gasteiger partial charge in [-0.2, -0.15) is 0 Å². The van der Waals surface area contributed by atoms with Crippen LogP contribution in [0.15, 0.2) is 42.1 Å². The summed E-state index contributed by atoms with van der Waals surface area (Å²) in [4.78, 5) is 14.9. The van der Waals surface area contributed by atoms with Gasteiger partial charge in [0, 0.05) is 24.2 Å². The van der Waals surface area contributed by atoms with E-state index in [-0.39, 0.29) is 5.91 Å². The summed E-state index contributed by atoms with van der Waals surface area (Å²) in [7, 11) is 1.64. The number of aromatic nitrogens is 3. The predicted molar refractivity (Wildman–Crippen MR) is 113 cm³/mol. The van der Waals surface area contributed by atoms with Crippen molar-refractivity contribution in [2.24, 2.45) is 0 Å². The van der Waals surface area contributed by atoms with Gasteiger partial charge in [-0.15, -0.1) is 16.8 Å². The summed E-state index contributed by atoms with van der Waals surface area (Å²) in [5.41, 5.74) is 0.951. The lowest BCUT2D eigenvalue weighted by Crippen LogP contribution is -2.48. The van der Waals surface area contributed by atoms with Crippen molar-refractivity contribution in [3.63, 3.8) is 0 Å². The summed E-state index contributed by atoms with van der Waals surface area (Å²) < 4.78 is 7.22. The summed E-state index contributed by atoms with van der Waals surface area (Å²) in [6.07, 6.45) is 5.17. The first-order chi connectivity index (χ1) is 13.5. The number of hydrogen-bond acceptors (Lipinski definition) is 5. The average Bonchev–Trinajstić information content (AvgIpc) is 3.09. The van der Waals surface area contributed by atoms with Gasteiger partial charge in [0.05, 0.1) is 12.9 Å². The molecule has 1 amide bonds. The zero-order valence-electron chi connectivity index (χ0n) is 16.8. The van der Waals surface area contributed by atoms with E-state index < -0.39 is 0 Å². The summed E-state index contributed by atoms with van der Waals surface area (Å²) >= 11 is 1.44. The van der Waals surface area contributed by atoms with E-state index in [1.807, 2.05) is 39.8 Å². The monoisotopic (exact) mass is 400 g/mol. The van der Waals surface area contributed by atoms with Gasteiger partial charge in [0.25, 0.3) is 0 Å². The number of ether oxygens (including phenoxy) is 1. The quantitative estimate of drug-likeness (QED) is 0.519. The molecule has 0 radical (unpaired) electrons. The maximum atomic E-state index is 12.8. The highest BCUT2D eigenvalue weighted by molar-refractivity contribution is 7.99. The van der Waals surface area contributed by atoms with Crippen molar-refractivity contribution in [1.29, 1.82) is 0 Å². The topological polar surface area (TPSA) is 60.2 Å². The number of piperidine rings is 1. The molecule has 1 saturated heterocycles. The number of thioether (sulfide) groups is 1. The van der Waals surface area contributed by atoms with Crippen molar-refractivity contribution in [2.45, 2.75) is 56.9 Å². The Hall–Kier alpha value is -2.28. The third-order valence-corrected chi connectivity index (χ3v) is 6.13. The number of hydrogen-bond donors (Lipinski definition) is 0. The van der Waals surface area contributed by atoms with Crippen LogP contribution in [0.1, 0.15) is 33.1 Å². The number of methoxy groups -OCH3 is 1. The molecule has 2 aromatic rings. The Morgan fingerprint density at radius 3 is 2.54 bits per heavy atom. The SMILES string of the molecule is C=CCn1c(SCC(=O)N2[C@H](C)CCC[C@H]2C)nnc1-c1ccc(OC)cc1. The maximum absolute atomic E-state index is 12.8. The fraction of sp³-hybridized carbons (Fsp3) is 0.476. The molecule has 0 aliphatic carbocycles. The van der Waals surface area contributed by atoms with E-state index in [0.717, 1.165) is 35.1 Å².